The smallest absolute Gasteiger partial charge is 0.251 e. The highest BCUT2D eigenvalue weighted by Gasteiger charge is 2.45. The van der Waals surface area contributed by atoms with Gasteiger partial charge in [0.05, 0.1) is 6.54 Å². The molecule has 0 aromatic heterocycles. The zero-order valence-corrected chi connectivity index (χ0v) is 11.8. The molecular weight excluding hydrogens is 262 g/mol. The molecule has 1 atom stereocenters. The lowest BCUT2D eigenvalue weighted by Crippen LogP contribution is -2.42. The molecule has 1 amide bonds. The monoisotopic (exact) mass is 281 g/mol. The molecule has 0 spiro atoms. The fourth-order valence-electron chi connectivity index (χ4n) is 2.68. The maximum Gasteiger partial charge on any atom is 0.251 e. The number of carbonyl (C=O) groups is 1. The van der Waals surface area contributed by atoms with Gasteiger partial charge in [0, 0.05) is 5.56 Å². The summed E-state index contributed by atoms with van der Waals surface area (Å²) < 4.78 is 0. The zero-order chi connectivity index (χ0) is 14.7. The molecule has 21 heavy (non-hydrogen) atoms. The van der Waals surface area contributed by atoms with Crippen LogP contribution in [0.4, 0.5) is 0 Å². The van der Waals surface area contributed by atoms with Gasteiger partial charge >= 0.3 is 0 Å². The predicted molar refractivity (Wildman–Crippen MR) is 81.8 cm³/mol. The largest absolute Gasteiger partial charge is 0.383 e. The molecule has 2 N–H and O–H groups in total. The standard InChI is InChI=1S/C18H19NO2/c20-17(14-7-3-1-4-8-14)19-13-18(21,16-11-12-16)15-9-5-2-6-10-15/h1-10,16,21H,11-13H2,(H,19,20). The summed E-state index contributed by atoms with van der Waals surface area (Å²) in [4.78, 5) is 12.1. The molecule has 0 heterocycles. The van der Waals surface area contributed by atoms with E-state index < -0.39 is 5.60 Å². The Bertz CT molecular complexity index is 608. The van der Waals surface area contributed by atoms with E-state index in [4.69, 9.17) is 0 Å². The van der Waals surface area contributed by atoms with E-state index >= 15 is 0 Å². The summed E-state index contributed by atoms with van der Waals surface area (Å²) >= 11 is 0. The Labute approximate surface area is 124 Å². The zero-order valence-electron chi connectivity index (χ0n) is 11.8. The minimum Gasteiger partial charge on any atom is -0.383 e. The van der Waals surface area contributed by atoms with Gasteiger partial charge in [-0.1, -0.05) is 48.5 Å². The lowest BCUT2D eigenvalue weighted by molar-refractivity contribution is 0.0135. The van der Waals surface area contributed by atoms with Crippen molar-refractivity contribution in [2.24, 2.45) is 5.92 Å². The molecule has 1 unspecified atom stereocenters. The molecule has 2 aromatic carbocycles. The third-order valence-electron chi connectivity index (χ3n) is 4.08. The SMILES string of the molecule is O=C(NCC(O)(c1ccccc1)C1CC1)c1ccccc1. The predicted octanol–water partition coefficient (Wildman–Crippen LogP) is 2.71. The van der Waals surface area contributed by atoms with Gasteiger partial charge in [-0.3, -0.25) is 4.79 Å². The first-order valence-electron chi connectivity index (χ1n) is 7.31. The van der Waals surface area contributed by atoms with Crippen LogP contribution in [0.5, 0.6) is 0 Å². The van der Waals surface area contributed by atoms with Gasteiger partial charge < -0.3 is 10.4 Å². The normalized spacial score (nSPS) is 17.0. The van der Waals surface area contributed by atoms with E-state index in [1.54, 1.807) is 12.1 Å². The van der Waals surface area contributed by atoms with E-state index in [2.05, 4.69) is 5.32 Å². The maximum atomic E-state index is 12.1. The van der Waals surface area contributed by atoms with Crippen molar-refractivity contribution in [2.45, 2.75) is 18.4 Å². The molecule has 0 bridgehead atoms. The molecule has 1 aliphatic rings. The van der Waals surface area contributed by atoms with Crippen LogP contribution < -0.4 is 5.32 Å². The van der Waals surface area contributed by atoms with Crippen LogP contribution in [0.25, 0.3) is 0 Å². The third kappa shape index (κ3) is 2.98. The number of benzene rings is 2. The number of nitrogens with one attached hydrogen (secondary N) is 1. The van der Waals surface area contributed by atoms with Crippen LogP contribution in [0.15, 0.2) is 60.7 Å². The van der Waals surface area contributed by atoms with Gasteiger partial charge in [-0.15, -0.1) is 0 Å². The maximum absolute atomic E-state index is 12.1. The van der Waals surface area contributed by atoms with Crippen LogP contribution in [-0.2, 0) is 5.60 Å². The van der Waals surface area contributed by atoms with Crippen molar-refractivity contribution in [1.82, 2.24) is 5.32 Å². The van der Waals surface area contributed by atoms with E-state index in [0.29, 0.717) is 5.56 Å². The molecule has 108 valence electrons. The highest BCUT2D eigenvalue weighted by molar-refractivity contribution is 5.94. The summed E-state index contributed by atoms with van der Waals surface area (Å²) in [5.74, 6) is 0.0848. The minimum atomic E-state index is -0.967. The quantitative estimate of drug-likeness (QED) is 0.885. The molecular formula is C18H19NO2. The van der Waals surface area contributed by atoms with Crippen LogP contribution in [0.3, 0.4) is 0 Å². The van der Waals surface area contributed by atoms with Gasteiger partial charge in [-0.25, -0.2) is 0 Å². The first-order valence-corrected chi connectivity index (χ1v) is 7.31. The van der Waals surface area contributed by atoms with Crippen LogP contribution in [0.2, 0.25) is 0 Å². The van der Waals surface area contributed by atoms with Crippen LogP contribution >= 0.6 is 0 Å². The Morgan fingerprint density at radius 1 is 1.05 bits per heavy atom. The molecule has 2 aromatic rings. The van der Waals surface area contributed by atoms with Crippen molar-refractivity contribution in [3.8, 4) is 0 Å². The fraction of sp³-hybridized carbons (Fsp3) is 0.278. The minimum absolute atomic E-state index is 0.148. The van der Waals surface area contributed by atoms with Crippen molar-refractivity contribution in [1.29, 1.82) is 0 Å². The Kier molecular flexibility index (Phi) is 3.76. The van der Waals surface area contributed by atoms with Gasteiger partial charge in [0.15, 0.2) is 0 Å². The van der Waals surface area contributed by atoms with Crippen molar-refractivity contribution >= 4 is 5.91 Å². The number of aliphatic hydroxyl groups is 1. The van der Waals surface area contributed by atoms with Gasteiger partial charge in [0.2, 0.25) is 0 Å². The van der Waals surface area contributed by atoms with Crippen LogP contribution in [0.1, 0.15) is 28.8 Å². The molecule has 3 nitrogen and oxygen atoms in total. The summed E-state index contributed by atoms with van der Waals surface area (Å²) in [6, 6.07) is 18.7. The summed E-state index contributed by atoms with van der Waals surface area (Å²) in [7, 11) is 0. The Balaban J connectivity index is 1.73. The lowest BCUT2D eigenvalue weighted by atomic mass is 9.88. The van der Waals surface area contributed by atoms with Crippen LogP contribution in [-0.4, -0.2) is 17.6 Å². The van der Waals surface area contributed by atoms with Gasteiger partial charge in [-0.2, -0.15) is 0 Å². The fourth-order valence-corrected chi connectivity index (χ4v) is 2.68. The van der Waals surface area contributed by atoms with E-state index in [0.717, 1.165) is 18.4 Å². The Hall–Kier alpha value is -2.13. The molecule has 1 saturated carbocycles. The third-order valence-corrected chi connectivity index (χ3v) is 4.08. The number of hydrogen-bond donors (Lipinski definition) is 2. The summed E-state index contributed by atoms with van der Waals surface area (Å²) in [5.41, 5.74) is 0.524. The highest BCUT2D eigenvalue weighted by atomic mass is 16.3. The highest BCUT2D eigenvalue weighted by Crippen LogP contribution is 2.45. The van der Waals surface area contributed by atoms with E-state index in [9.17, 15) is 9.90 Å². The molecule has 3 heteroatoms. The van der Waals surface area contributed by atoms with E-state index in [-0.39, 0.29) is 18.4 Å². The number of hydrogen-bond acceptors (Lipinski definition) is 2. The topological polar surface area (TPSA) is 49.3 Å². The van der Waals surface area contributed by atoms with Gasteiger partial charge in [0.1, 0.15) is 5.60 Å². The number of rotatable bonds is 5. The van der Waals surface area contributed by atoms with Gasteiger partial charge in [-0.05, 0) is 36.5 Å². The Morgan fingerprint density at radius 2 is 1.62 bits per heavy atom. The van der Waals surface area contributed by atoms with Gasteiger partial charge in [0.25, 0.3) is 5.91 Å². The molecule has 1 aliphatic carbocycles. The summed E-state index contributed by atoms with van der Waals surface area (Å²) in [5, 5.41) is 13.9. The average Bonchev–Trinajstić information content (AvgIpc) is 3.39. The molecule has 0 radical (unpaired) electrons. The molecule has 0 saturated heterocycles. The van der Waals surface area contributed by atoms with Crippen molar-refractivity contribution in [3.05, 3.63) is 71.8 Å². The van der Waals surface area contributed by atoms with E-state index in [1.807, 2.05) is 48.5 Å². The van der Waals surface area contributed by atoms with Crippen molar-refractivity contribution < 1.29 is 9.90 Å². The van der Waals surface area contributed by atoms with Crippen molar-refractivity contribution in [3.63, 3.8) is 0 Å². The second-order valence-electron chi connectivity index (χ2n) is 5.61. The van der Waals surface area contributed by atoms with Crippen LogP contribution in [0, 0.1) is 5.92 Å². The number of carbonyl (C=O) groups excluding carboxylic acids is 1. The first-order chi connectivity index (χ1) is 10.2. The average molecular weight is 281 g/mol. The first kappa shape index (κ1) is 13.8. The Morgan fingerprint density at radius 3 is 2.19 bits per heavy atom. The van der Waals surface area contributed by atoms with Crippen molar-refractivity contribution in [2.75, 3.05) is 6.54 Å². The number of amides is 1. The molecule has 0 aliphatic heterocycles. The van der Waals surface area contributed by atoms with E-state index in [1.165, 1.54) is 0 Å². The second-order valence-corrected chi connectivity index (χ2v) is 5.61. The summed E-state index contributed by atoms with van der Waals surface area (Å²) in [6.07, 6.45) is 2.01. The lowest BCUT2D eigenvalue weighted by Gasteiger charge is -2.29. The summed E-state index contributed by atoms with van der Waals surface area (Å²) in [6.45, 7) is 0.245. The molecule has 3 rings (SSSR count). The second kappa shape index (κ2) is 5.70. The molecule has 1 fully saturated rings.